The number of nitriles is 1. The lowest BCUT2D eigenvalue weighted by atomic mass is 10.2. The Morgan fingerprint density at radius 2 is 2.08 bits per heavy atom. The zero-order valence-corrected chi connectivity index (χ0v) is 12.8. The summed E-state index contributed by atoms with van der Waals surface area (Å²) in [6, 6.07) is 12.5. The van der Waals surface area contributed by atoms with E-state index in [1.807, 2.05) is 0 Å². The fourth-order valence-corrected chi connectivity index (χ4v) is 1.98. The summed E-state index contributed by atoms with van der Waals surface area (Å²) in [5, 5.41) is 16.4. The summed E-state index contributed by atoms with van der Waals surface area (Å²) in [5.74, 6) is 0.652. The first kappa shape index (κ1) is 15.6. The van der Waals surface area contributed by atoms with Gasteiger partial charge >= 0.3 is 0 Å². The molecular weight excluding hydrogens is 311 g/mol. The lowest BCUT2D eigenvalue weighted by molar-refractivity contribution is 0.300. The smallest absolute Gasteiger partial charge is 0.250 e. The van der Waals surface area contributed by atoms with Crippen molar-refractivity contribution < 1.29 is 13.5 Å². The number of hydrogen-bond donors (Lipinski definition) is 0. The molecule has 0 N–H and O–H groups in total. The van der Waals surface area contributed by atoms with Crippen LogP contribution in [0.15, 0.2) is 47.0 Å². The van der Waals surface area contributed by atoms with Crippen molar-refractivity contribution in [1.82, 2.24) is 15.2 Å². The lowest BCUT2D eigenvalue weighted by Crippen LogP contribution is -1.99. The SMILES string of the molecule is CC(F)c1nnc(-c2ccc(COc3ccccc3C#N)nc2)o1. The third kappa shape index (κ3) is 3.38. The first-order valence-electron chi connectivity index (χ1n) is 7.22. The molecule has 3 rings (SSSR count). The van der Waals surface area contributed by atoms with E-state index < -0.39 is 6.17 Å². The van der Waals surface area contributed by atoms with E-state index in [9.17, 15) is 4.39 Å². The summed E-state index contributed by atoms with van der Waals surface area (Å²) in [7, 11) is 0. The van der Waals surface area contributed by atoms with Crippen molar-refractivity contribution in [1.29, 1.82) is 5.26 Å². The maximum Gasteiger partial charge on any atom is 0.250 e. The van der Waals surface area contributed by atoms with Crippen LogP contribution in [-0.2, 0) is 6.61 Å². The summed E-state index contributed by atoms with van der Waals surface area (Å²) in [4.78, 5) is 4.25. The number of alkyl halides is 1. The molecule has 1 aromatic carbocycles. The molecule has 0 aliphatic rings. The quantitative estimate of drug-likeness (QED) is 0.712. The first-order chi connectivity index (χ1) is 11.7. The summed E-state index contributed by atoms with van der Waals surface area (Å²) in [6.45, 7) is 1.55. The van der Waals surface area contributed by atoms with E-state index in [2.05, 4.69) is 21.3 Å². The van der Waals surface area contributed by atoms with E-state index in [1.54, 1.807) is 42.6 Å². The Labute approximate surface area is 137 Å². The molecule has 2 heterocycles. The molecule has 0 amide bonds. The molecule has 7 heteroatoms. The van der Waals surface area contributed by atoms with Crippen LogP contribution in [0.3, 0.4) is 0 Å². The average molecular weight is 324 g/mol. The molecule has 0 saturated heterocycles. The monoisotopic (exact) mass is 324 g/mol. The summed E-state index contributed by atoms with van der Waals surface area (Å²) < 4.78 is 23.9. The highest BCUT2D eigenvalue weighted by Gasteiger charge is 2.14. The normalized spacial score (nSPS) is 11.7. The van der Waals surface area contributed by atoms with Crippen molar-refractivity contribution in [3.63, 3.8) is 0 Å². The van der Waals surface area contributed by atoms with Crippen LogP contribution in [0, 0.1) is 11.3 Å². The number of ether oxygens (including phenoxy) is 1. The third-order valence-electron chi connectivity index (χ3n) is 3.24. The Morgan fingerprint density at radius 3 is 2.75 bits per heavy atom. The second-order valence-corrected chi connectivity index (χ2v) is 5.00. The van der Waals surface area contributed by atoms with Crippen LogP contribution in [0.1, 0.15) is 30.2 Å². The predicted molar refractivity (Wildman–Crippen MR) is 82.5 cm³/mol. The predicted octanol–water partition coefficient (Wildman–Crippen LogP) is 3.61. The average Bonchev–Trinajstić information content (AvgIpc) is 3.11. The van der Waals surface area contributed by atoms with Crippen molar-refractivity contribution in [3.8, 4) is 23.3 Å². The van der Waals surface area contributed by atoms with Crippen LogP contribution in [0.2, 0.25) is 0 Å². The van der Waals surface area contributed by atoms with Crippen molar-refractivity contribution in [2.75, 3.05) is 0 Å². The number of benzene rings is 1. The van der Waals surface area contributed by atoms with Gasteiger partial charge in [0.05, 0.1) is 16.8 Å². The van der Waals surface area contributed by atoms with Gasteiger partial charge in [-0.3, -0.25) is 4.98 Å². The molecule has 1 atom stereocenters. The highest BCUT2D eigenvalue weighted by Crippen LogP contribution is 2.22. The molecular formula is C17H13FN4O2. The van der Waals surface area contributed by atoms with Crippen LogP contribution in [0.4, 0.5) is 4.39 Å². The molecule has 0 fully saturated rings. The molecule has 120 valence electrons. The Hall–Kier alpha value is -3.27. The van der Waals surface area contributed by atoms with E-state index in [-0.39, 0.29) is 18.4 Å². The molecule has 3 aromatic rings. The van der Waals surface area contributed by atoms with E-state index in [1.165, 1.54) is 6.92 Å². The van der Waals surface area contributed by atoms with Crippen LogP contribution < -0.4 is 4.74 Å². The van der Waals surface area contributed by atoms with Crippen LogP contribution in [0.25, 0.3) is 11.5 Å². The van der Waals surface area contributed by atoms with Gasteiger partial charge in [0.2, 0.25) is 5.89 Å². The van der Waals surface area contributed by atoms with Gasteiger partial charge in [-0.2, -0.15) is 5.26 Å². The molecule has 2 aromatic heterocycles. The topological polar surface area (TPSA) is 84.8 Å². The zero-order chi connectivity index (χ0) is 16.9. The Morgan fingerprint density at radius 1 is 1.25 bits per heavy atom. The minimum absolute atomic E-state index is 0.0643. The maximum absolute atomic E-state index is 13.1. The van der Waals surface area contributed by atoms with Crippen LogP contribution in [0.5, 0.6) is 5.75 Å². The minimum atomic E-state index is -1.31. The van der Waals surface area contributed by atoms with Crippen molar-refractivity contribution >= 4 is 0 Å². The van der Waals surface area contributed by atoms with Gasteiger partial charge < -0.3 is 9.15 Å². The standard InChI is InChI=1S/C17H13FN4O2/c1-11(18)16-21-22-17(24-16)13-6-7-14(20-9-13)10-23-15-5-3-2-4-12(15)8-19/h2-7,9,11H,10H2,1H3. The summed E-state index contributed by atoms with van der Waals surface area (Å²) in [6.07, 6.45) is 0.238. The fourth-order valence-electron chi connectivity index (χ4n) is 1.98. The number of rotatable bonds is 5. The van der Waals surface area contributed by atoms with Crippen LogP contribution >= 0.6 is 0 Å². The van der Waals surface area contributed by atoms with Gasteiger partial charge in [-0.05, 0) is 31.2 Å². The second-order valence-electron chi connectivity index (χ2n) is 5.00. The molecule has 0 bridgehead atoms. The van der Waals surface area contributed by atoms with Gasteiger partial charge in [-0.15, -0.1) is 10.2 Å². The van der Waals surface area contributed by atoms with Crippen LogP contribution in [-0.4, -0.2) is 15.2 Å². The number of aromatic nitrogens is 3. The van der Waals surface area contributed by atoms with E-state index in [0.717, 1.165) is 0 Å². The number of hydrogen-bond acceptors (Lipinski definition) is 6. The van der Waals surface area contributed by atoms with Gasteiger partial charge in [-0.1, -0.05) is 12.1 Å². The molecule has 0 aliphatic heterocycles. The first-order valence-corrected chi connectivity index (χ1v) is 7.22. The summed E-state index contributed by atoms with van der Waals surface area (Å²) >= 11 is 0. The highest BCUT2D eigenvalue weighted by atomic mass is 19.1. The van der Waals surface area contributed by atoms with Crippen molar-refractivity contribution in [2.24, 2.45) is 0 Å². The van der Waals surface area contributed by atoms with E-state index in [4.69, 9.17) is 14.4 Å². The Balaban J connectivity index is 1.69. The zero-order valence-electron chi connectivity index (χ0n) is 12.8. The van der Waals surface area contributed by atoms with E-state index in [0.29, 0.717) is 22.6 Å². The number of para-hydroxylation sites is 1. The fraction of sp³-hybridized carbons (Fsp3) is 0.176. The van der Waals surface area contributed by atoms with Gasteiger partial charge in [0.15, 0.2) is 6.17 Å². The van der Waals surface area contributed by atoms with Crippen molar-refractivity contribution in [2.45, 2.75) is 19.7 Å². The van der Waals surface area contributed by atoms with Crippen molar-refractivity contribution in [3.05, 3.63) is 59.7 Å². The van der Waals surface area contributed by atoms with Gasteiger partial charge in [0.25, 0.3) is 5.89 Å². The number of halogens is 1. The Bertz CT molecular complexity index is 869. The maximum atomic E-state index is 13.1. The number of pyridine rings is 1. The number of nitrogens with zero attached hydrogens (tertiary/aromatic N) is 4. The molecule has 6 nitrogen and oxygen atoms in total. The molecule has 1 unspecified atom stereocenters. The molecule has 0 spiro atoms. The molecule has 0 saturated carbocycles. The van der Waals surface area contributed by atoms with Gasteiger partial charge in [0.1, 0.15) is 18.4 Å². The van der Waals surface area contributed by atoms with E-state index >= 15 is 0 Å². The largest absolute Gasteiger partial charge is 0.486 e. The van der Waals surface area contributed by atoms with Gasteiger partial charge in [0, 0.05) is 6.20 Å². The summed E-state index contributed by atoms with van der Waals surface area (Å²) in [5.41, 5.74) is 1.73. The second kappa shape index (κ2) is 6.87. The third-order valence-corrected chi connectivity index (χ3v) is 3.24. The lowest BCUT2D eigenvalue weighted by Gasteiger charge is -2.07. The highest BCUT2D eigenvalue weighted by molar-refractivity contribution is 5.50. The van der Waals surface area contributed by atoms with Gasteiger partial charge in [-0.25, -0.2) is 4.39 Å². The minimum Gasteiger partial charge on any atom is -0.486 e. The molecule has 0 radical (unpaired) electrons. The Kier molecular flexibility index (Phi) is 4.47. The molecule has 24 heavy (non-hydrogen) atoms. The molecule has 0 aliphatic carbocycles.